The molecule has 0 fully saturated rings. The number of alkyl halides is 3. The molecule has 3 rings (SSSR count). The number of aromatic hydroxyl groups is 1. The van der Waals surface area contributed by atoms with Crippen molar-refractivity contribution in [2.24, 2.45) is 0 Å². The van der Waals surface area contributed by atoms with E-state index in [9.17, 15) is 18.3 Å². The van der Waals surface area contributed by atoms with Gasteiger partial charge in [-0.15, -0.1) is 0 Å². The number of halogens is 3. The van der Waals surface area contributed by atoms with Crippen molar-refractivity contribution in [3.63, 3.8) is 0 Å². The lowest BCUT2D eigenvalue weighted by Gasteiger charge is -2.16. The van der Waals surface area contributed by atoms with Crippen LogP contribution in [0.5, 0.6) is 28.7 Å². The standard InChI is InChI=1S/C21H17F3O3/c1-13-9-16(25)12-17(10-13)26-19-8-7-15(21(22,23)24)11-20(19)27-18-6-4-3-5-14(18)2/h3-12,25H,1-2H3. The van der Waals surface area contributed by atoms with Crippen molar-refractivity contribution >= 4 is 0 Å². The summed E-state index contributed by atoms with van der Waals surface area (Å²) in [5.41, 5.74) is 0.679. The van der Waals surface area contributed by atoms with Crippen LogP contribution in [-0.4, -0.2) is 5.11 Å². The molecular formula is C21H17F3O3. The Kier molecular flexibility index (Phi) is 4.99. The lowest BCUT2D eigenvalue weighted by atomic mass is 10.2. The summed E-state index contributed by atoms with van der Waals surface area (Å²) in [5, 5.41) is 9.70. The fourth-order valence-electron chi connectivity index (χ4n) is 2.55. The molecule has 0 aliphatic carbocycles. The molecule has 0 saturated carbocycles. The van der Waals surface area contributed by atoms with Gasteiger partial charge in [0.2, 0.25) is 0 Å². The number of para-hydroxylation sites is 1. The van der Waals surface area contributed by atoms with Gasteiger partial charge in [-0.05, 0) is 61.4 Å². The Morgan fingerprint density at radius 2 is 1.52 bits per heavy atom. The summed E-state index contributed by atoms with van der Waals surface area (Å²) in [7, 11) is 0. The van der Waals surface area contributed by atoms with Gasteiger partial charge >= 0.3 is 6.18 Å². The zero-order valence-electron chi connectivity index (χ0n) is 14.7. The molecule has 0 bridgehead atoms. The Labute approximate surface area is 154 Å². The van der Waals surface area contributed by atoms with Gasteiger partial charge in [0.05, 0.1) is 5.56 Å². The van der Waals surface area contributed by atoms with Crippen LogP contribution < -0.4 is 9.47 Å². The fourth-order valence-corrected chi connectivity index (χ4v) is 2.55. The van der Waals surface area contributed by atoms with E-state index in [4.69, 9.17) is 9.47 Å². The first-order valence-electron chi connectivity index (χ1n) is 8.15. The molecule has 0 spiro atoms. The summed E-state index contributed by atoms with van der Waals surface area (Å²) in [6.45, 7) is 3.56. The number of hydrogen-bond acceptors (Lipinski definition) is 3. The number of benzene rings is 3. The second-order valence-corrected chi connectivity index (χ2v) is 6.13. The average Bonchev–Trinajstić information content (AvgIpc) is 2.56. The molecule has 3 aromatic rings. The van der Waals surface area contributed by atoms with Crippen LogP contribution in [0.25, 0.3) is 0 Å². The van der Waals surface area contributed by atoms with Crippen LogP contribution in [0.4, 0.5) is 13.2 Å². The molecule has 6 heteroatoms. The summed E-state index contributed by atoms with van der Waals surface area (Å²) in [6, 6.07) is 14.6. The number of ether oxygens (including phenoxy) is 2. The quantitative estimate of drug-likeness (QED) is 0.558. The highest BCUT2D eigenvalue weighted by Gasteiger charge is 2.31. The van der Waals surface area contributed by atoms with Crippen molar-refractivity contribution in [2.75, 3.05) is 0 Å². The second-order valence-electron chi connectivity index (χ2n) is 6.13. The number of hydrogen-bond donors (Lipinski definition) is 1. The first-order valence-corrected chi connectivity index (χ1v) is 8.15. The van der Waals surface area contributed by atoms with Gasteiger partial charge in [-0.3, -0.25) is 0 Å². The van der Waals surface area contributed by atoms with E-state index >= 15 is 0 Å². The van der Waals surface area contributed by atoms with Crippen molar-refractivity contribution < 1.29 is 27.8 Å². The van der Waals surface area contributed by atoms with Crippen LogP contribution >= 0.6 is 0 Å². The van der Waals surface area contributed by atoms with Crippen molar-refractivity contribution in [1.29, 1.82) is 0 Å². The molecule has 0 radical (unpaired) electrons. The smallest absolute Gasteiger partial charge is 0.416 e. The third-order valence-corrected chi connectivity index (χ3v) is 3.85. The maximum absolute atomic E-state index is 13.1. The minimum absolute atomic E-state index is 0.00159. The molecule has 0 heterocycles. The van der Waals surface area contributed by atoms with Gasteiger partial charge < -0.3 is 14.6 Å². The highest BCUT2D eigenvalue weighted by molar-refractivity contribution is 5.50. The fraction of sp³-hybridized carbons (Fsp3) is 0.143. The zero-order valence-corrected chi connectivity index (χ0v) is 14.7. The molecule has 3 aromatic carbocycles. The molecule has 0 unspecified atom stereocenters. The Morgan fingerprint density at radius 3 is 2.19 bits per heavy atom. The molecule has 3 nitrogen and oxygen atoms in total. The van der Waals surface area contributed by atoms with Gasteiger partial charge in [-0.2, -0.15) is 13.2 Å². The third kappa shape index (κ3) is 4.53. The van der Waals surface area contributed by atoms with Crippen molar-refractivity contribution in [3.8, 4) is 28.7 Å². The molecule has 0 aliphatic rings. The monoisotopic (exact) mass is 374 g/mol. The molecule has 0 atom stereocenters. The van der Waals surface area contributed by atoms with Crippen molar-refractivity contribution in [1.82, 2.24) is 0 Å². The molecule has 27 heavy (non-hydrogen) atoms. The Morgan fingerprint density at radius 1 is 0.778 bits per heavy atom. The van der Waals surface area contributed by atoms with E-state index < -0.39 is 11.7 Å². The highest BCUT2D eigenvalue weighted by atomic mass is 19.4. The van der Waals surface area contributed by atoms with E-state index in [-0.39, 0.29) is 17.2 Å². The summed E-state index contributed by atoms with van der Waals surface area (Å²) in [5.74, 6) is 0.755. The van der Waals surface area contributed by atoms with Crippen LogP contribution in [0.1, 0.15) is 16.7 Å². The van der Waals surface area contributed by atoms with Gasteiger partial charge in [0, 0.05) is 6.07 Å². The van der Waals surface area contributed by atoms with Crippen LogP contribution in [0.2, 0.25) is 0 Å². The maximum Gasteiger partial charge on any atom is 0.416 e. The van der Waals surface area contributed by atoms with E-state index in [2.05, 4.69) is 0 Å². The Hall–Kier alpha value is -3.15. The lowest BCUT2D eigenvalue weighted by Crippen LogP contribution is -2.05. The van der Waals surface area contributed by atoms with Crippen LogP contribution in [0, 0.1) is 13.8 Å². The number of phenolic OH excluding ortho intramolecular Hbond substituents is 1. The van der Waals surface area contributed by atoms with E-state index in [0.29, 0.717) is 11.5 Å². The van der Waals surface area contributed by atoms with Crippen molar-refractivity contribution in [3.05, 3.63) is 77.4 Å². The van der Waals surface area contributed by atoms with E-state index in [1.807, 2.05) is 0 Å². The van der Waals surface area contributed by atoms with Gasteiger partial charge in [0.15, 0.2) is 11.5 Å². The number of aryl methyl sites for hydroxylation is 2. The predicted molar refractivity (Wildman–Crippen MR) is 95.6 cm³/mol. The first-order chi connectivity index (χ1) is 12.7. The van der Waals surface area contributed by atoms with E-state index in [0.717, 1.165) is 23.3 Å². The van der Waals surface area contributed by atoms with Crippen LogP contribution in [0.3, 0.4) is 0 Å². The molecule has 1 N–H and O–H groups in total. The average molecular weight is 374 g/mol. The van der Waals surface area contributed by atoms with Gasteiger partial charge in [0.25, 0.3) is 0 Å². The van der Waals surface area contributed by atoms with E-state index in [1.54, 1.807) is 50.2 Å². The maximum atomic E-state index is 13.1. The molecule has 0 aliphatic heterocycles. The Balaban J connectivity index is 2.03. The summed E-state index contributed by atoms with van der Waals surface area (Å²) in [4.78, 5) is 0. The number of rotatable bonds is 4. The SMILES string of the molecule is Cc1cc(O)cc(Oc2ccc(C(F)(F)F)cc2Oc2ccccc2C)c1. The topological polar surface area (TPSA) is 38.7 Å². The van der Waals surface area contributed by atoms with Crippen LogP contribution in [-0.2, 0) is 6.18 Å². The highest BCUT2D eigenvalue weighted by Crippen LogP contribution is 2.41. The molecule has 0 amide bonds. The summed E-state index contributed by atoms with van der Waals surface area (Å²) in [6.07, 6.45) is -4.51. The van der Waals surface area contributed by atoms with Gasteiger partial charge in [-0.25, -0.2) is 0 Å². The largest absolute Gasteiger partial charge is 0.508 e. The number of phenols is 1. The Bertz CT molecular complexity index is 945. The molecule has 0 saturated heterocycles. The van der Waals surface area contributed by atoms with E-state index in [1.165, 1.54) is 12.1 Å². The van der Waals surface area contributed by atoms with Crippen LogP contribution in [0.15, 0.2) is 60.7 Å². The van der Waals surface area contributed by atoms with Crippen molar-refractivity contribution in [2.45, 2.75) is 20.0 Å². The zero-order chi connectivity index (χ0) is 19.6. The third-order valence-electron chi connectivity index (χ3n) is 3.85. The minimum Gasteiger partial charge on any atom is -0.508 e. The normalized spacial score (nSPS) is 11.3. The second kappa shape index (κ2) is 7.23. The summed E-state index contributed by atoms with van der Waals surface area (Å²) >= 11 is 0. The van der Waals surface area contributed by atoms with Gasteiger partial charge in [0.1, 0.15) is 17.2 Å². The molecule has 0 aromatic heterocycles. The molecular weight excluding hydrogens is 357 g/mol. The molecule has 140 valence electrons. The first kappa shape index (κ1) is 18.6. The summed E-state index contributed by atoms with van der Waals surface area (Å²) < 4.78 is 50.8. The van der Waals surface area contributed by atoms with Gasteiger partial charge in [-0.1, -0.05) is 18.2 Å². The minimum atomic E-state index is -4.51. The predicted octanol–water partition coefficient (Wildman–Crippen LogP) is 6.61. The lowest BCUT2D eigenvalue weighted by molar-refractivity contribution is -0.137.